The second-order valence-corrected chi connectivity index (χ2v) is 3.80. The van der Waals surface area contributed by atoms with E-state index in [-0.39, 0.29) is 18.0 Å². The lowest BCUT2D eigenvalue weighted by molar-refractivity contribution is -0.117. The van der Waals surface area contributed by atoms with Crippen LogP contribution in [0.1, 0.15) is 0 Å². The predicted molar refractivity (Wildman–Crippen MR) is 68.1 cm³/mol. The van der Waals surface area contributed by atoms with Crippen molar-refractivity contribution >= 4 is 11.6 Å². The zero-order chi connectivity index (χ0) is 13.8. The molecule has 1 aromatic carbocycles. The van der Waals surface area contributed by atoms with Gasteiger partial charge in [-0.25, -0.2) is 4.68 Å². The summed E-state index contributed by atoms with van der Waals surface area (Å²) in [4.78, 5) is 34.1. The monoisotopic (exact) mass is 261 g/mol. The Morgan fingerprint density at radius 1 is 1.21 bits per heavy atom. The Bertz CT molecular complexity index is 717. The van der Waals surface area contributed by atoms with Crippen LogP contribution >= 0.6 is 0 Å². The van der Waals surface area contributed by atoms with Gasteiger partial charge in [0.2, 0.25) is 5.91 Å². The standard InChI is InChI=1S/C12H11N3O4/c16-9-4-2-1-3-8(9)13-11(18)7-15-12(19)6-5-10(17)14-15/h1-6,16H,7H2,(H,13,18)(H,14,17). The first kappa shape index (κ1) is 12.6. The molecule has 19 heavy (non-hydrogen) atoms. The Balaban J connectivity index is 2.14. The van der Waals surface area contributed by atoms with Crippen LogP contribution in [0.4, 0.5) is 5.69 Å². The van der Waals surface area contributed by atoms with Gasteiger partial charge in [-0.05, 0) is 12.1 Å². The molecule has 3 N–H and O–H groups in total. The predicted octanol–water partition coefficient (Wildman–Crippen LogP) is -0.119. The van der Waals surface area contributed by atoms with Crippen molar-refractivity contribution < 1.29 is 9.90 Å². The highest BCUT2D eigenvalue weighted by molar-refractivity contribution is 5.91. The van der Waals surface area contributed by atoms with Crippen molar-refractivity contribution in [1.82, 2.24) is 9.78 Å². The van der Waals surface area contributed by atoms with Gasteiger partial charge in [0.25, 0.3) is 11.1 Å². The van der Waals surface area contributed by atoms with Crippen LogP contribution in [0.3, 0.4) is 0 Å². The van der Waals surface area contributed by atoms with Crippen molar-refractivity contribution in [3.63, 3.8) is 0 Å². The number of carbonyl (C=O) groups is 1. The van der Waals surface area contributed by atoms with Crippen molar-refractivity contribution in [2.45, 2.75) is 6.54 Å². The van der Waals surface area contributed by atoms with Crippen molar-refractivity contribution in [3.05, 3.63) is 57.1 Å². The quantitative estimate of drug-likeness (QED) is 0.670. The summed E-state index contributed by atoms with van der Waals surface area (Å²) in [5, 5.41) is 14.1. The van der Waals surface area contributed by atoms with Crippen molar-refractivity contribution in [2.75, 3.05) is 5.32 Å². The first-order chi connectivity index (χ1) is 9.06. The Labute approximate surface area is 107 Å². The minimum Gasteiger partial charge on any atom is -0.506 e. The van der Waals surface area contributed by atoms with Crippen LogP contribution in [0, 0.1) is 0 Å². The normalized spacial score (nSPS) is 10.1. The van der Waals surface area contributed by atoms with E-state index in [0.29, 0.717) is 0 Å². The fourth-order valence-electron chi connectivity index (χ4n) is 1.49. The van der Waals surface area contributed by atoms with E-state index in [2.05, 4.69) is 10.4 Å². The molecule has 1 aromatic heterocycles. The Kier molecular flexibility index (Phi) is 3.46. The van der Waals surface area contributed by atoms with Crippen molar-refractivity contribution in [2.24, 2.45) is 0 Å². The fourth-order valence-corrected chi connectivity index (χ4v) is 1.49. The van der Waals surface area contributed by atoms with Gasteiger partial charge >= 0.3 is 0 Å². The SMILES string of the molecule is O=C(Cn1[nH]c(=O)ccc1=O)Nc1ccccc1O. The molecule has 0 aliphatic rings. The zero-order valence-corrected chi connectivity index (χ0v) is 9.79. The Hall–Kier alpha value is -2.83. The lowest BCUT2D eigenvalue weighted by atomic mass is 10.3. The number of nitrogens with one attached hydrogen (secondary N) is 2. The van der Waals surface area contributed by atoms with Gasteiger partial charge < -0.3 is 10.4 Å². The Morgan fingerprint density at radius 3 is 2.68 bits per heavy atom. The third kappa shape index (κ3) is 3.09. The summed E-state index contributed by atoms with van der Waals surface area (Å²) >= 11 is 0. The highest BCUT2D eigenvalue weighted by atomic mass is 16.3. The third-order valence-corrected chi connectivity index (χ3v) is 2.37. The van der Waals surface area contributed by atoms with E-state index in [1.54, 1.807) is 12.1 Å². The molecule has 0 fully saturated rings. The number of amides is 1. The molecule has 2 rings (SSSR count). The fraction of sp³-hybridized carbons (Fsp3) is 0.0833. The van der Waals surface area contributed by atoms with Gasteiger partial charge in [-0.2, -0.15) is 0 Å². The number of phenolic OH excluding ortho intramolecular Hbond substituents is 1. The second kappa shape index (κ2) is 5.21. The molecule has 0 aliphatic heterocycles. The molecule has 0 spiro atoms. The Morgan fingerprint density at radius 2 is 1.95 bits per heavy atom. The number of phenols is 1. The number of hydrogen-bond acceptors (Lipinski definition) is 4. The highest BCUT2D eigenvalue weighted by Crippen LogP contribution is 2.21. The van der Waals surface area contributed by atoms with Crippen LogP contribution < -0.4 is 16.4 Å². The van der Waals surface area contributed by atoms with E-state index in [1.807, 2.05) is 0 Å². The number of aromatic amines is 1. The van der Waals surface area contributed by atoms with Gasteiger partial charge in [0.05, 0.1) is 5.69 Å². The van der Waals surface area contributed by atoms with Gasteiger partial charge in [-0.1, -0.05) is 12.1 Å². The summed E-state index contributed by atoms with van der Waals surface area (Å²) < 4.78 is 0.887. The first-order valence-corrected chi connectivity index (χ1v) is 5.44. The molecule has 7 heteroatoms. The van der Waals surface area contributed by atoms with E-state index >= 15 is 0 Å². The van der Waals surface area contributed by atoms with Crippen molar-refractivity contribution in [3.8, 4) is 5.75 Å². The lowest BCUT2D eigenvalue weighted by Crippen LogP contribution is -2.32. The van der Waals surface area contributed by atoms with Crippen LogP contribution in [0.5, 0.6) is 5.75 Å². The number of hydrogen-bond donors (Lipinski definition) is 3. The number of nitrogens with zero attached hydrogens (tertiary/aromatic N) is 1. The van der Waals surface area contributed by atoms with Crippen LogP contribution in [0.15, 0.2) is 46.0 Å². The molecular formula is C12H11N3O4. The van der Waals surface area contributed by atoms with Gasteiger partial charge in [0.1, 0.15) is 12.3 Å². The molecule has 1 amide bonds. The molecule has 98 valence electrons. The smallest absolute Gasteiger partial charge is 0.265 e. The van der Waals surface area contributed by atoms with E-state index in [1.165, 1.54) is 12.1 Å². The largest absolute Gasteiger partial charge is 0.506 e. The molecule has 0 atom stereocenters. The molecular weight excluding hydrogens is 250 g/mol. The average molecular weight is 261 g/mol. The molecule has 1 heterocycles. The van der Waals surface area contributed by atoms with E-state index in [9.17, 15) is 19.5 Å². The third-order valence-electron chi connectivity index (χ3n) is 2.37. The van der Waals surface area contributed by atoms with Crippen molar-refractivity contribution in [1.29, 1.82) is 0 Å². The molecule has 0 unspecified atom stereocenters. The number of aromatic nitrogens is 2. The lowest BCUT2D eigenvalue weighted by Gasteiger charge is -2.08. The number of para-hydroxylation sites is 2. The second-order valence-electron chi connectivity index (χ2n) is 3.80. The molecule has 7 nitrogen and oxygen atoms in total. The number of H-pyrrole nitrogens is 1. The number of aromatic hydroxyl groups is 1. The summed E-state index contributed by atoms with van der Waals surface area (Å²) in [6.45, 7) is -0.344. The topological polar surface area (TPSA) is 104 Å². The summed E-state index contributed by atoms with van der Waals surface area (Å²) in [5.41, 5.74) is -0.735. The van der Waals surface area contributed by atoms with Crippen LogP contribution in [-0.4, -0.2) is 20.8 Å². The number of anilines is 1. The first-order valence-electron chi connectivity index (χ1n) is 5.44. The summed E-state index contributed by atoms with van der Waals surface area (Å²) in [6, 6.07) is 8.36. The maximum Gasteiger partial charge on any atom is 0.265 e. The highest BCUT2D eigenvalue weighted by Gasteiger charge is 2.07. The summed E-state index contributed by atoms with van der Waals surface area (Å²) in [6.07, 6.45) is 0. The van der Waals surface area contributed by atoms with Crippen LogP contribution in [-0.2, 0) is 11.3 Å². The van der Waals surface area contributed by atoms with Gasteiger partial charge in [-0.3, -0.25) is 19.5 Å². The maximum absolute atomic E-state index is 11.7. The van der Waals surface area contributed by atoms with E-state index in [4.69, 9.17) is 0 Å². The minimum absolute atomic E-state index is 0.0789. The molecule has 0 aliphatic carbocycles. The zero-order valence-electron chi connectivity index (χ0n) is 9.79. The molecule has 0 saturated carbocycles. The van der Waals surface area contributed by atoms with Gasteiger partial charge in [0, 0.05) is 12.1 Å². The number of rotatable bonds is 3. The number of benzene rings is 1. The van der Waals surface area contributed by atoms with Crippen LogP contribution in [0.2, 0.25) is 0 Å². The average Bonchev–Trinajstić information content (AvgIpc) is 2.37. The maximum atomic E-state index is 11.7. The summed E-state index contributed by atoms with van der Waals surface area (Å²) in [7, 11) is 0. The summed E-state index contributed by atoms with van der Waals surface area (Å²) in [5.74, 6) is -0.616. The van der Waals surface area contributed by atoms with E-state index in [0.717, 1.165) is 16.8 Å². The molecule has 0 saturated heterocycles. The van der Waals surface area contributed by atoms with Crippen LogP contribution in [0.25, 0.3) is 0 Å². The molecule has 0 bridgehead atoms. The minimum atomic E-state index is -0.537. The molecule has 0 radical (unpaired) electrons. The number of carbonyl (C=O) groups excluding carboxylic acids is 1. The van der Waals surface area contributed by atoms with E-state index < -0.39 is 17.0 Å². The van der Waals surface area contributed by atoms with Gasteiger partial charge in [-0.15, -0.1) is 0 Å². The molecule has 2 aromatic rings. The van der Waals surface area contributed by atoms with Gasteiger partial charge in [0.15, 0.2) is 0 Å².